The minimum atomic E-state index is -0.0574. The van der Waals surface area contributed by atoms with Crippen molar-refractivity contribution in [2.24, 2.45) is 0 Å². The maximum Gasteiger partial charge on any atom is 0.237 e. The molecule has 2 heterocycles. The summed E-state index contributed by atoms with van der Waals surface area (Å²) >= 11 is 0. The first-order valence-corrected chi connectivity index (χ1v) is 7.46. The number of methoxy groups -OCH3 is 1. The third kappa shape index (κ3) is 4.66. The van der Waals surface area contributed by atoms with Crippen LogP contribution in [0, 0.1) is 0 Å². The highest BCUT2D eigenvalue weighted by atomic mass is 35.5. The smallest absolute Gasteiger partial charge is 0.237 e. The molecule has 0 saturated carbocycles. The molecule has 1 saturated heterocycles. The molecule has 2 rings (SSSR count). The molecule has 1 unspecified atom stereocenters. The number of aromatic nitrogens is 2. The Kier molecular flexibility index (Phi) is 7.78. The molecule has 0 spiro atoms. The van der Waals surface area contributed by atoms with Crippen LogP contribution in [0.15, 0.2) is 4.52 Å². The number of rotatable bonds is 7. The number of nitrogens with one attached hydrogen (secondary N) is 1. The van der Waals surface area contributed by atoms with Crippen LogP contribution in [-0.4, -0.2) is 54.3 Å². The van der Waals surface area contributed by atoms with E-state index in [0.29, 0.717) is 31.4 Å². The number of carbonyl (C=O) groups excluding carboxylic acids is 1. The third-order valence-corrected chi connectivity index (χ3v) is 3.58. The summed E-state index contributed by atoms with van der Waals surface area (Å²) in [7, 11) is 1.64. The van der Waals surface area contributed by atoms with Crippen molar-refractivity contribution in [2.75, 3.05) is 33.4 Å². The van der Waals surface area contributed by atoms with Crippen molar-refractivity contribution in [3.8, 4) is 0 Å². The maximum atomic E-state index is 12.3. The summed E-state index contributed by atoms with van der Waals surface area (Å²) in [6, 6.07) is -0.0574. The lowest BCUT2D eigenvalue weighted by Gasteiger charge is -2.22. The van der Waals surface area contributed by atoms with Crippen LogP contribution in [0.2, 0.25) is 0 Å². The molecule has 1 aromatic rings. The van der Waals surface area contributed by atoms with Gasteiger partial charge in [0.15, 0.2) is 5.82 Å². The standard InChI is InChI=1S/C14H24N4O3.ClH/c1-10(2)14-16-13(17-21-14)11-5-4-7-18(11)12(19)9-15-6-8-20-3;/h10-11,15H,4-9H2,1-3H3;1H. The molecule has 1 aromatic heterocycles. The molecular weight excluding hydrogens is 308 g/mol. The van der Waals surface area contributed by atoms with Crippen LogP contribution in [0.3, 0.4) is 0 Å². The molecule has 126 valence electrons. The van der Waals surface area contributed by atoms with Crippen LogP contribution >= 0.6 is 12.4 Å². The Hall–Kier alpha value is -1.18. The summed E-state index contributed by atoms with van der Waals surface area (Å²) in [4.78, 5) is 18.5. The second kappa shape index (κ2) is 9.07. The molecule has 8 heteroatoms. The van der Waals surface area contributed by atoms with Crippen LogP contribution in [0.5, 0.6) is 0 Å². The van der Waals surface area contributed by atoms with Gasteiger partial charge in [-0.2, -0.15) is 4.98 Å². The zero-order valence-electron chi connectivity index (χ0n) is 13.4. The highest BCUT2D eigenvalue weighted by Gasteiger charge is 2.33. The van der Waals surface area contributed by atoms with Gasteiger partial charge >= 0.3 is 0 Å². The van der Waals surface area contributed by atoms with Gasteiger partial charge in [-0.3, -0.25) is 4.79 Å². The number of likely N-dealkylation sites (tertiary alicyclic amines) is 1. The van der Waals surface area contributed by atoms with Crippen LogP contribution in [-0.2, 0) is 9.53 Å². The van der Waals surface area contributed by atoms with Gasteiger partial charge in [0.25, 0.3) is 0 Å². The van der Waals surface area contributed by atoms with E-state index in [1.807, 2.05) is 18.7 Å². The minimum Gasteiger partial charge on any atom is -0.383 e. The summed E-state index contributed by atoms with van der Waals surface area (Å²) in [6.07, 6.45) is 1.86. The fourth-order valence-corrected chi connectivity index (χ4v) is 2.42. The molecule has 0 aromatic carbocycles. The quantitative estimate of drug-likeness (QED) is 0.762. The largest absolute Gasteiger partial charge is 0.383 e. The average Bonchev–Trinajstić information content (AvgIpc) is 3.10. The molecule has 0 radical (unpaired) electrons. The Morgan fingerprint density at radius 1 is 1.55 bits per heavy atom. The van der Waals surface area contributed by atoms with Gasteiger partial charge in [0.1, 0.15) is 0 Å². The second-order valence-corrected chi connectivity index (χ2v) is 5.56. The molecule has 1 N–H and O–H groups in total. The molecule has 1 amide bonds. The Morgan fingerprint density at radius 3 is 2.95 bits per heavy atom. The van der Waals surface area contributed by atoms with Crippen LogP contribution < -0.4 is 5.32 Å². The fourth-order valence-electron chi connectivity index (χ4n) is 2.42. The van der Waals surface area contributed by atoms with E-state index in [4.69, 9.17) is 9.26 Å². The lowest BCUT2D eigenvalue weighted by atomic mass is 10.2. The molecule has 1 aliphatic heterocycles. The lowest BCUT2D eigenvalue weighted by Crippen LogP contribution is -2.38. The summed E-state index contributed by atoms with van der Waals surface area (Å²) in [5, 5.41) is 7.12. The summed E-state index contributed by atoms with van der Waals surface area (Å²) in [6.45, 7) is 6.35. The monoisotopic (exact) mass is 332 g/mol. The number of carbonyl (C=O) groups is 1. The predicted molar refractivity (Wildman–Crippen MR) is 84.1 cm³/mol. The van der Waals surface area contributed by atoms with E-state index < -0.39 is 0 Å². The Balaban J connectivity index is 0.00000242. The maximum absolute atomic E-state index is 12.3. The van der Waals surface area contributed by atoms with E-state index >= 15 is 0 Å². The molecule has 7 nitrogen and oxygen atoms in total. The Morgan fingerprint density at radius 2 is 2.32 bits per heavy atom. The second-order valence-electron chi connectivity index (χ2n) is 5.56. The summed E-state index contributed by atoms with van der Waals surface area (Å²) in [5.74, 6) is 1.53. The zero-order valence-corrected chi connectivity index (χ0v) is 14.2. The molecule has 1 fully saturated rings. The molecule has 0 aliphatic carbocycles. The highest BCUT2D eigenvalue weighted by Crippen LogP contribution is 2.30. The van der Waals surface area contributed by atoms with Gasteiger partial charge in [0.2, 0.25) is 11.8 Å². The molecule has 1 aliphatic rings. The van der Waals surface area contributed by atoms with Gasteiger partial charge in [-0.05, 0) is 12.8 Å². The first-order chi connectivity index (χ1) is 10.1. The number of halogens is 1. The van der Waals surface area contributed by atoms with Crippen molar-refractivity contribution in [1.29, 1.82) is 0 Å². The van der Waals surface area contributed by atoms with Crippen molar-refractivity contribution < 1.29 is 14.1 Å². The van der Waals surface area contributed by atoms with Crippen molar-refractivity contribution in [3.63, 3.8) is 0 Å². The lowest BCUT2D eigenvalue weighted by molar-refractivity contribution is -0.131. The Bertz CT molecular complexity index is 467. The third-order valence-electron chi connectivity index (χ3n) is 3.58. The number of ether oxygens (including phenoxy) is 1. The van der Waals surface area contributed by atoms with Crippen LogP contribution in [0.1, 0.15) is 50.4 Å². The summed E-state index contributed by atoms with van der Waals surface area (Å²) < 4.78 is 10.2. The SMILES string of the molecule is COCCNCC(=O)N1CCCC1c1noc(C(C)C)n1.Cl. The van der Waals surface area contributed by atoms with Crippen LogP contribution in [0.25, 0.3) is 0 Å². The van der Waals surface area contributed by atoms with Gasteiger partial charge in [-0.15, -0.1) is 12.4 Å². The predicted octanol–water partition coefficient (Wildman–Crippen LogP) is 1.51. The molecule has 0 bridgehead atoms. The van der Waals surface area contributed by atoms with Crippen molar-refractivity contribution in [3.05, 3.63) is 11.7 Å². The number of nitrogens with zero attached hydrogens (tertiary/aromatic N) is 3. The van der Waals surface area contributed by atoms with E-state index in [1.165, 1.54) is 0 Å². The molecule has 1 atom stereocenters. The van der Waals surface area contributed by atoms with Gasteiger partial charge < -0.3 is 19.5 Å². The number of hydrogen-bond donors (Lipinski definition) is 1. The van der Waals surface area contributed by atoms with Gasteiger partial charge in [0.05, 0.1) is 19.2 Å². The first-order valence-electron chi connectivity index (χ1n) is 7.46. The fraction of sp³-hybridized carbons (Fsp3) is 0.786. The molecule has 22 heavy (non-hydrogen) atoms. The number of hydrogen-bond acceptors (Lipinski definition) is 6. The highest BCUT2D eigenvalue weighted by molar-refractivity contribution is 5.85. The topological polar surface area (TPSA) is 80.5 Å². The van der Waals surface area contributed by atoms with Gasteiger partial charge in [0, 0.05) is 26.1 Å². The van der Waals surface area contributed by atoms with E-state index in [1.54, 1.807) is 7.11 Å². The summed E-state index contributed by atoms with van der Waals surface area (Å²) in [5.41, 5.74) is 0. The Labute approximate surface area is 137 Å². The van der Waals surface area contributed by atoms with E-state index in [9.17, 15) is 4.79 Å². The zero-order chi connectivity index (χ0) is 15.2. The van der Waals surface area contributed by atoms with Gasteiger partial charge in [-0.1, -0.05) is 19.0 Å². The number of amides is 1. The molecular formula is C14H25ClN4O3. The van der Waals surface area contributed by atoms with Gasteiger partial charge in [-0.25, -0.2) is 0 Å². The van der Waals surface area contributed by atoms with Crippen molar-refractivity contribution in [2.45, 2.75) is 38.6 Å². The first kappa shape index (κ1) is 18.9. The minimum absolute atomic E-state index is 0. The van der Waals surface area contributed by atoms with E-state index in [0.717, 1.165) is 19.4 Å². The van der Waals surface area contributed by atoms with Crippen LogP contribution in [0.4, 0.5) is 0 Å². The van der Waals surface area contributed by atoms with Crippen molar-refractivity contribution in [1.82, 2.24) is 20.4 Å². The van der Waals surface area contributed by atoms with E-state index in [-0.39, 0.29) is 30.3 Å². The average molecular weight is 333 g/mol. The normalized spacial score (nSPS) is 17.8. The van der Waals surface area contributed by atoms with E-state index in [2.05, 4.69) is 15.5 Å². The van der Waals surface area contributed by atoms with Crippen molar-refractivity contribution >= 4 is 18.3 Å².